The van der Waals surface area contributed by atoms with E-state index < -0.39 is 11.6 Å². The molecule has 1 atom stereocenters. The minimum Gasteiger partial charge on any atom is -0.337 e. The first kappa shape index (κ1) is 26.2. The first-order chi connectivity index (χ1) is 19.3. The van der Waals surface area contributed by atoms with Gasteiger partial charge in [0.1, 0.15) is 22.9 Å². The summed E-state index contributed by atoms with van der Waals surface area (Å²) in [6.45, 7) is 9.50. The van der Waals surface area contributed by atoms with Crippen molar-refractivity contribution in [2.75, 3.05) is 31.5 Å². The first-order valence-corrected chi connectivity index (χ1v) is 13.8. The zero-order chi connectivity index (χ0) is 28.0. The summed E-state index contributed by atoms with van der Waals surface area (Å²) >= 11 is 0. The van der Waals surface area contributed by atoms with Crippen LogP contribution in [0.1, 0.15) is 55.3 Å². The molecule has 5 heterocycles. The van der Waals surface area contributed by atoms with Crippen LogP contribution in [0.3, 0.4) is 0 Å². The van der Waals surface area contributed by atoms with E-state index in [0.717, 1.165) is 38.8 Å². The van der Waals surface area contributed by atoms with Crippen molar-refractivity contribution in [1.29, 1.82) is 0 Å². The largest absolute Gasteiger partial charge is 0.337 e. The van der Waals surface area contributed by atoms with Gasteiger partial charge < -0.3 is 14.8 Å². The minimum absolute atomic E-state index is 0.0330. The normalized spacial score (nSPS) is 17.9. The highest BCUT2D eigenvalue weighted by atomic mass is 19.1. The van der Waals surface area contributed by atoms with Crippen LogP contribution < -0.4 is 5.32 Å². The van der Waals surface area contributed by atoms with Gasteiger partial charge in [0.15, 0.2) is 11.6 Å². The Morgan fingerprint density at radius 3 is 2.55 bits per heavy atom. The molecule has 0 radical (unpaired) electrons. The van der Waals surface area contributed by atoms with Crippen molar-refractivity contribution in [1.82, 2.24) is 34.3 Å². The molecule has 9 nitrogen and oxygen atoms in total. The van der Waals surface area contributed by atoms with Gasteiger partial charge in [-0.2, -0.15) is 0 Å². The number of nitrogens with one attached hydrogen (secondary N) is 1. The average molecular weight is 547 g/mol. The van der Waals surface area contributed by atoms with Crippen LogP contribution in [0.25, 0.3) is 22.3 Å². The lowest BCUT2D eigenvalue weighted by Crippen LogP contribution is -2.37. The molecule has 0 bridgehead atoms. The second-order valence-corrected chi connectivity index (χ2v) is 10.8. The number of rotatable bonds is 6. The van der Waals surface area contributed by atoms with E-state index in [2.05, 4.69) is 30.2 Å². The highest BCUT2D eigenvalue weighted by Crippen LogP contribution is 2.30. The Morgan fingerprint density at radius 2 is 1.82 bits per heavy atom. The number of aryl methyl sites for hydroxylation is 1. The molecule has 0 saturated carbocycles. The van der Waals surface area contributed by atoms with Crippen molar-refractivity contribution in [3.05, 3.63) is 59.7 Å². The Balaban J connectivity index is 1.20. The molecule has 1 amide bonds. The Labute approximate surface area is 231 Å². The van der Waals surface area contributed by atoms with Gasteiger partial charge in [-0.3, -0.25) is 9.69 Å². The molecule has 1 N–H and O–H groups in total. The molecule has 2 saturated heterocycles. The summed E-state index contributed by atoms with van der Waals surface area (Å²) in [4.78, 5) is 34.5. The smallest absolute Gasteiger partial charge is 0.255 e. The Hall–Kier alpha value is -3.99. The van der Waals surface area contributed by atoms with Crippen molar-refractivity contribution in [3.8, 4) is 11.3 Å². The van der Waals surface area contributed by atoms with Gasteiger partial charge >= 0.3 is 0 Å². The monoisotopic (exact) mass is 546 g/mol. The first-order valence-electron chi connectivity index (χ1n) is 13.8. The predicted molar refractivity (Wildman–Crippen MR) is 148 cm³/mol. The Bertz CT molecular complexity index is 1560. The number of hydrogen-bond donors (Lipinski definition) is 1. The number of halogens is 2. The van der Waals surface area contributed by atoms with Gasteiger partial charge in [-0.1, -0.05) is 0 Å². The maximum Gasteiger partial charge on any atom is 0.255 e. The van der Waals surface area contributed by atoms with Crippen molar-refractivity contribution in [3.63, 3.8) is 0 Å². The molecule has 0 unspecified atom stereocenters. The van der Waals surface area contributed by atoms with Crippen molar-refractivity contribution < 1.29 is 13.6 Å². The minimum atomic E-state index is -0.677. The van der Waals surface area contributed by atoms with E-state index in [1.165, 1.54) is 25.1 Å². The maximum atomic E-state index is 15.0. The van der Waals surface area contributed by atoms with Crippen LogP contribution in [0.2, 0.25) is 0 Å². The Morgan fingerprint density at radius 1 is 1.02 bits per heavy atom. The summed E-state index contributed by atoms with van der Waals surface area (Å²) in [5.41, 5.74) is 1.56. The molecule has 6 rings (SSSR count). The van der Waals surface area contributed by atoms with Crippen LogP contribution in [0.5, 0.6) is 0 Å². The second-order valence-electron chi connectivity index (χ2n) is 10.8. The molecule has 2 aliphatic heterocycles. The third-order valence-electron chi connectivity index (χ3n) is 7.82. The van der Waals surface area contributed by atoms with E-state index in [0.29, 0.717) is 28.8 Å². The van der Waals surface area contributed by atoms with E-state index in [9.17, 15) is 13.6 Å². The molecule has 1 aromatic carbocycles. The zero-order valence-electron chi connectivity index (χ0n) is 22.9. The number of amides is 1. The standard InChI is InChI=1S/C29H32F2N8O/c1-17(2)39-18(3)34-27-22(30)12-20(13-24(27)39)26-23(31)15-33-29(36-26)35-25-7-6-19(14-32-25)28(40)38-11-8-21(16-38)37-9-4-5-10-37/h6-7,12-15,17,21H,4-5,8-11,16H2,1-3H3,(H,32,33,35,36)/t21-/m1/s1. The molecule has 3 aromatic heterocycles. The number of pyridine rings is 1. The number of carbonyl (C=O) groups excluding carboxylic acids is 1. The van der Waals surface area contributed by atoms with Crippen LogP contribution in [-0.4, -0.2) is 72.4 Å². The van der Waals surface area contributed by atoms with Crippen molar-refractivity contribution >= 4 is 28.7 Å². The third kappa shape index (κ3) is 4.90. The van der Waals surface area contributed by atoms with Gasteiger partial charge in [0.25, 0.3) is 5.91 Å². The fourth-order valence-corrected chi connectivity index (χ4v) is 5.91. The van der Waals surface area contributed by atoms with Gasteiger partial charge in [0.05, 0.1) is 17.3 Å². The summed E-state index contributed by atoms with van der Waals surface area (Å²) in [6, 6.07) is 6.80. The predicted octanol–water partition coefficient (Wildman–Crippen LogP) is 5.11. The highest BCUT2D eigenvalue weighted by molar-refractivity contribution is 5.94. The quantitative estimate of drug-likeness (QED) is 0.359. The molecule has 4 aromatic rings. The van der Waals surface area contributed by atoms with E-state index in [1.54, 1.807) is 18.2 Å². The number of aromatic nitrogens is 5. The van der Waals surface area contributed by atoms with Crippen LogP contribution in [0.15, 0.2) is 36.7 Å². The molecule has 0 aliphatic carbocycles. The Kier molecular flexibility index (Phi) is 6.91. The summed E-state index contributed by atoms with van der Waals surface area (Å²) in [5, 5.41) is 2.96. The molecular weight excluding hydrogens is 514 g/mol. The molecular formula is C29H32F2N8O. The molecule has 2 aliphatic rings. The van der Waals surface area contributed by atoms with E-state index in [-0.39, 0.29) is 34.7 Å². The van der Waals surface area contributed by atoms with Gasteiger partial charge in [-0.25, -0.2) is 28.7 Å². The summed E-state index contributed by atoms with van der Waals surface area (Å²) in [6.07, 6.45) is 6.03. The number of benzene rings is 1. The van der Waals surface area contributed by atoms with Crippen LogP contribution in [-0.2, 0) is 0 Å². The number of carbonyl (C=O) groups is 1. The van der Waals surface area contributed by atoms with E-state index >= 15 is 0 Å². The van der Waals surface area contributed by atoms with Crippen molar-refractivity contribution in [2.24, 2.45) is 0 Å². The number of likely N-dealkylation sites (tertiary alicyclic amines) is 2. The van der Waals surface area contributed by atoms with Crippen LogP contribution >= 0.6 is 0 Å². The number of nitrogens with zero attached hydrogens (tertiary/aromatic N) is 7. The third-order valence-corrected chi connectivity index (χ3v) is 7.82. The number of hydrogen-bond acceptors (Lipinski definition) is 7. The van der Waals surface area contributed by atoms with Gasteiger partial charge in [0.2, 0.25) is 5.95 Å². The molecule has 40 heavy (non-hydrogen) atoms. The molecule has 0 spiro atoms. The SMILES string of the molecule is Cc1nc2c(F)cc(-c3nc(Nc4ccc(C(=O)N5CC[C@@H](N6CCCC6)C5)cn4)ncc3F)cc2n1C(C)C. The lowest BCUT2D eigenvalue weighted by atomic mass is 10.1. The zero-order valence-corrected chi connectivity index (χ0v) is 22.9. The van der Waals surface area contributed by atoms with Gasteiger partial charge in [-0.15, -0.1) is 0 Å². The number of anilines is 2. The van der Waals surface area contributed by atoms with Crippen LogP contribution in [0.4, 0.5) is 20.5 Å². The fourth-order valence-electron chi connectivity index (χ4n) is 5.91. The fraction of sp³-hybridized carbons (Fsp3) is 0.414. The lowest BCUT2D eigenvalue weighted by Gasteiger charge is -2.23. The summed E-state index contributed by atoms with van der Waals surface area (Å²) in [7, 11) is 0. The number of imidazole rings is 1. The van der Waals surface area contributed by atoms with Crippen molar-refractivity contribution in [2.45, 2.75) is 52.1 Å². The topological polar surface area (TPSA) is 92.1 Å². The maximum absolute atomic E-state index is 15.0. The van der Waals surface area contributed by atoms with E-state index in [1.807, 2.05) is 30.2 Å². The lowest BCUT2D eigenvalue weighted by molar-refractivity contribution is 0.0779. The average Bonchev–Trinajstić information content (AvgIpc) is 3.69. The second kappa shape index (κ2) is 10.5. The van der Waals surface area contributed by atoms with Crippen LogP contribution in [0, 0.1) is 18.6 Å². The molecule has 2 fully saturated rings. The highest BCUT2D eigenvalue weighted by Gasteiger charge is 2.32. The number of fused-ring (bicyclic) bond motifs is 1. The molecule has 11 heteroatoms. The summed E-state index contributed by atoms with van der Waals surface area (Å²) in [5.74, 6) is -0.0757. The molecule has 208 valence electrons. The van der Waals surface area contributed by atoms with Gasteiger partial charge in [0, 0.05) is 36.9 Å². The van der Waals surface area contributed by atoms with Gasteiger partial charge in [-0.05, 0) is 77.4 Å². The summed E-state index contributed by atoms with van der Waals surface area (Å²) < 4.78 is 31.7. The van der Waals surface area contributed by atoms with E-state index in [4.69, 9.17) is 0 Å².